The summed E-state index contributed by atoms with van der Waals surface area (Å²) in [5.74, 6) is 0.0621. The van der Waals surface area contributed by atoms with Gasteiger partial charge in [-0.25, -0.2) is 0 Å². The maximum atomic E-state index is 12.7. The molecular weight excluding hydrogens is 394 g/mol. The van der Waals surface area contributed by atoms with Gasteiger partial charge in [0.25, 0.3) is 0 Å². The standard InChI is InChI=1S/C16H16BrCl3O/c1-15(2)8-11(9-16(18,19)20)12(14(15)21)13(17)10-6-4-3-5-7-10/h3-7,11H,8-9H2,1-2H3/b13-12+. The lowest BCUT2D eigenvalue weighted by atomic mass is 9.89. The van der Waals surface area contributed by atoms with Gasteiger partial charge in [0, 0.05) is 21.9 Å². The molecule has 21 heavy (non-hydrogen) atoms. The van der Waals surface area contributed by atoms with Crippen molar-refractivity contribution in [2.45, 2.75) is 30.5 Å². The first kappa shape index (κ1) is 17.3. The van der Waals surface area contributed by atoms with E-state index in [0.29, 0.717) is 12.8 Å². The second-order valence-electron chi connectivity index (χ2n) is 6.03. The molecule has 1 aliphatic carbocycles. The number of Topliss-reactive ketones (excluding diaryl/α,β-unsaturated/α-hetero) is 1. The first-order valence-corrected chi connectivity index (χ1v) is 8.61. The largest absolute Gasteiger partial charge is 0.294 e. The van der Waals surface area contributed by atoms with Crippen molar-refractivity contribution >= 4 is 61.0 Å². The summed E-state index contributed by atoms with van der Waals surface area (Å²) < 4.78 is -0.557. The van der Waals surface area contributed by atoms with Gasteiger partial charge in [-0.1, -0.05) is 79.0 Å². The molecule has 0 radical (unpaired) electrons. The van der Waals surface area contributed by atoms with Crippen molar-refractivity contribution in [3.63, 3.8) is 0 Å². The van der Waals surface area contributed by atoms with Crippen molar-refractivity contribution in [3.8, 4) is 0 Å². The topological polar surface area (TPSA) is 17.1 Å². The Kier molecular flexibility index (Phi) is 5.15. The smallest absolute Gasteiger partial charge is 0.191 e. The van der Waals surface area contributed by atoms with Crippen LogP contribution in [-0.2, 0) is 4.79 Å². The Labute approximate surface area is 148 Å². The van der Waals surface area contributed by atoms with Crippen LogP contribution in [0.1, 0.15) is 32.3 Å². The van der Waals surface area contributed by atoms with Crippen LogP contribution < -0.4 is 0 Å². The van der Waals surface area contributed by atoms with Gasteiger partial charge in [-0.3, -0.25) is 4.79 Å². The molecule has 0 bridgehead atoms. The molecule has 114 valence electrons. The Balaban J connectivity index is 2.48. The summed E-state index contributed by atoms with van der Waals surface area (Å²) in [5.41, 5.74) is 1.27. The van der Waals surface area contributed by atoms with Crippen LogP contribution in [0.15, 0.2) is 35.9 Å². The van der Waals surface area contributed by atoms with E-state index in [9.17, 15) is 4.79 Å². The zero-order valence-electron chi connectivity index (χ0n) is 11.8. The summed E-state index contributed by atoms with van der Waals surface area (Å²) in [6.07, 6.45) is 1.03. The number of halogens is 4. The first-order chi connectivity index (χ1) is 9.62. The van der Waals surface area contributed by atoms with Crippen molar-refractivity contribution in [2.24, 2.45) is 11.3 Å². The van der Waals surface area contributed by atoms with E-state index in [0.717, 1.165) is 15.6 Å². The Hall–Kier alpha value is -0.0200. The quantitative estimate of drug-likeness (QED) is 0.421. The molecule has 1 fully saturated rings. The molecule has 1 nitrogen and oxygen atoms in total. The van der Waals surface area contributed by atoms with E-state index in [1.165, 1.54) is 0 Å². The Bertz CT molecular complexity index is 573. The molecule has 0 heterocycles. The molecule has 1 unspecified atom stereocenters. The minimum atomic E-state index is -1.36. The zero-order chi connectivity index (χ0) is 15.8. The van der Waals surface area contributed by atoms with Crippen LogP contribution in [0.2, 0.25) is 0 Å². The third kappa shape index (κ3) is 4.04. The van der Waals surface area contributed by atoms with E-state index in [2.05, 4.69) is 15.9 Å². The molecule has 5 heteroatoms. The van der Waals surface area contributed by atoms with Gasteiger partial charge < -0.3 is 0 Å². The lowest BCUT2D eigenvalue weighted by molar-refractivity contribution is -0.121. The molecule has 1 aromatic rings. The molecule has 1 aromatic carbocycles. The molecule has 0 amide bonds. The molecule has 1 aliphatic rings. The molecule has 1 saturated carbocycles. The Morgan fingerprint density at radius 2 is 1.86 bits per heavy atom. The van der Waals surface area contributed by atoms with Crippen molar-refractivity contribution < 1.29 is 4.79 Å². The number of alkyl halides is 3. The summed E-state index contributed by atoms with van der Waals surface area (Å²) in [6, 6.07) is 9.73. The number of hydrogen-bond acceptors (Lipinski definition) is 1. The highest BCUT2D eigenvalue weighted by Crippen LogP contribution is 2.50. The molecule has 0 N–H and O–H groups in total. The van der Waals surface area contributed by atoms with Crippen molar-refractivity contribution in [1.82, 2.24) is 0 Å². The van der Waals surface area contributed by atoms with E-state index >= 15 is 0 Å². The van der Waals surface area contributed by atoms with E-state index in [1.807, 2.05) is 44.2 Å². The van der Waals surface area contributed by atoms with Crippen LogP contribution in [0.25, 0.3) is 4.48 Å². The van der Waals surface area contributed by atoms with Gasteiger partial charge in [-0.2, -0.15) is 0 Å². The van der Waals surface area contributed by atoms with Gasteiger partial charge in [0.05, 0.1) is 0 Å². The molecule has 0 saturated heterocycles. The minimum absolute atomic E-state index is 0.0606. The van der Waals surface area contributed by atoms with Crippen molar-refractivity contribution in [2.75, 3.05) is 0 Å². The van der Waals surface area contributed by atoms with Crippen LogP contribution in [0, 0.1) is 11.3 Å². The van der Waals surface area contributed by atoms with Gasteiger partial charge in [0.1, 0.15) is 0 Å². The SMILES string of the molecule is CC1(C)CC(CC(Cl)(Cl)Cl)/C(=C(\Br)c2ccccc2)C1=O. The van der Waals surface area contributed by atoms with E-state index in [1.54, 1.807) is 0 Å². The summed E-state index contributed by atoms with van der Waals surface area (Å²) in [5, 5.41) is 0. The monoisotopic (exact) mass is 408 g/mol. The summed E-state index contributed by atoms with van der Waals surface area (Å²) in [4.78, 5) is 12.7. The average Bonchev–Trinajstić information content (AvgIpc) is 2.58. The Morgan fingerprint density at radius 3 is 2.38 bits per heavy atom. The van der Waals surface area contributed by atoms with Crippen molar-refractivity contribution in [3.05, 3.63) is 41.5 Å². The second kappa shape index (κ2) is 6.23. The Morgan fingerprint density at radius 1 is 1.29 bits per heavy atom. The van der Waals surface area contributed by atoms with E-state index in [4.69, 9.17) is 34.8 Å². The third-order valence-electron chi connectivity index (χ3n) is 3.77. The van der Waals surface area contributed by atoms with Gasteiger partial charge in [0.2, 0.25) is 0 Å². The molecule has 0 aliphatic heterocycles. The average molecular weight is 411 g/mol. The fourth-order valence-corrected chi connectivity index (χ4v) is 4.16. The number of benzene rings is 1. The number of carbonyl (C=O) groups excluding carboxylic acids is 1. The van der Waals surface area contributed by atoms with Crippen molar-refractivity contribution in [1.29, 1.82) is 0 Å². The first-order valence-electron chi connectivity index (χ1n) is 6.68. The molecule has 0 spiro atoms. The number of hydrogen-bond donors (Lipinski definition) is 0. The fourth-order valence-electron chi connectivity index (χ4n) is 2.83. The summed E-state index contributed by atoms with van der Waals surface area (Å²) >= 11 is 21.4. The number of ketones is 1. The lowest BCUT2D eigenvalue weighted by Gasteiger charge is -2.19. The van der Waals surface area contributed by atoms with Crippen LogP contribution in [0.4, 0.5) is 0 Å². The van der Waals surface area contributed by atoms with Crippen LogP contribution in [-0.4, -0.2) is 9.58 Å². The predicted octanol–water partition coefficient (Wildman–Crippen LogP) is 6.17. The summed E-state index contributed by atoms with van der Waals surface area (Å²) in [7, 11) is 0. The van der Waals surface area contributed by atoms with E-state index < -0.39 is 9.21 Å². The number of allylic oxidation sites excluding steroid dienone is 1. The highest BCUT2D eigenvalue weighted by atomic mass is 79.9. The normalized spacial score (nSPS) is 24.3. The molecule has 0 aromatic heterocycles. The zero-order valence-corrected chi connectivity index (χ0v) is 15.7. The van der Waals surface area contributed by atoms with Gasteiger partial charge >= 0.3 is 0 Å². The highest BCUT2D eigenvalue weighted by molar-refractivity contribution is 9.15. The molecule has 1 atom stereocenters. The molecular formula is C16H16BrCl3O. The van der Waals surface area contributed by atoms with Crippen LogP contribution in [0.5, 0.6) is 0 Å². The predicted molar refractivity (Wildman–Crippen MR) is 94.1 cm³/mol. The van der Waals surface area contributed by atoms with E-state index in [-0.39, 0.29) is 11.7 Å². The van der Waals surface area contributed by atoms with Gasteiger partial charge in [0.15, 0.2) is 9.58 Å². The second-order valence-corrected chi connectivity index (χ2v) is 9.34. The number of rotatable bonds is 2. The minimum Gasteiger partial charge on any atom is -0.294 e. The van der Waals surface area contributed by atoms with Gasteiger partial charge in [-0.15, -0.1) is 0 Å². The highest BCUT2D eigenvalue weighted by Gasteiger charge is 2.46. The summed E-state index contributed by atoms with van der Waals surface area (Å²) in [6.45, 7) is 3.89. The fraction of sp³-hybridized carbons (Fsp3) is 0.438. The molecule has 2 rings (SSSR count). The van der Waals surface area contributed by atoms with Gasteiger partial charge in [-0.05, 0) is 33.8 Å². The maximum absolute atomic E-state index is 12.7. The maximum Gasteiger partial charge on any atom is 0.191 e. The number of carbonyl (C=O) groups is 1. The lowest BCUT2D eigenvalue weighted by Crippen LogP contribution is -2.17. The van der Waals surface area contributed by atoms with Crippen LogP contribution >= 0.6 is 50.7 Å². The van der Waals surface area contributed by atoms with Crippen LogP contribution in [0.3, 0.4) is 0 Å². The third-order valence-corrected chi connectivity index (χ3v) is 5.11.